The van der Waals surface area contributed by atoms with Gasteiger partial charge in [-0.05, 0) is 24.6 Å². The molecule has 128 valence electrons. The van der Waals surface area contributed by atoms with Crippen molar-refractivity contribution in [3.8, 4) is 11.3 Å². The smallest absolute Gasteiger partial charge is 0.309 e. The number of thioether (sulfide) groups is 1. The molecule has 0 radical (unpaired) electrons. The van der Waals surface area contributed by atoms with Crippen LogP contribution in [0.15, 0.2) is 36.8 Å². The van der Waals surface area contributed by atoms with Crippen LogP contribution >= 0.6 is 11.8 Å². The van der Waals surface area contributed by atoms with Crippen molar-refractivity contribution in [1.29, 1.82) is 0 Å². The van der Waals surface area contributed by atoms with Crippen LogP contribution in [0.3, 0.4) is 0 Å². The number of aromatic amines is 1. The Hall–Kier alpha value is -2.28. The number of esters is 1. The van der Waals surface area contributed by atoms with Crippen LogP contribution < -0.4 is 5.32 Å². The Kier molecular flexibility index (Phi) is 6.43. The molecule has 1 aromatic carbocycles. The molecule has 0 bridgehead atoms. The fourth-order valence-corrected chi connectivity index (χ4v) is 2.95. The number of carbonyl (C=O) groups is 2. The zero-order valence-corrected chi connectivity index (χ0v) is 14.7. The molecular weight excluding hydrogens is 326 g/mol. The van der Waals surface area contributed by atoms with Gasteiger partial charge < -0.3 is 15.0 Å². The second-order valence-electron chi connectivity index (χ2n) is 5.43. The summed E-state index contributed by atoms with van der Waals surface area (Å²) in [7, 11) is 1.37. The number of carbonyl (C=O) groups excluding carboxylic acids is 2. The molecule has 2 N–H and O–H groups in total. The van der Waals surface area contributed by atoms with Gasteiger partial charge in [0.2, 0.25) is 5.91 Å². The van der Waals surface area contributed by atoms with Crippen LogP contribution in [0.1, 0.15) is 13.8 Å². The number of rotatable bonds is 7. The lowest BCUT2D eigenvalue weighted by Crippen LogP contribution is -2.24. The van der Waals surface area contributed by atoms with E-state index in [1.807, 2.05) is 31.2 Å². The van der Waals surface area contributed by atoms with Gasteiger partial charge in [0, 0.05) is 11.4 Å². The average Bonchev–Trinajstić information content (AvgIpc) is 3.13. The van der Waals surface area contributed by atoms with Crippen LogP contribution in [0.4, 0.5) is 5.69 Å². The van der Waals surface area contributed by atoms with E-state index in [2.05, 4.69) is 20.0 Å². The molecule has 0 aliphatic heterocycles. The monoisotopic (exact) mass is 347 g/mol. The van der Waals surface area contributed by atoms with E-state index in [0.29, 0.717) is 5.75 Å². The van der Waals surface area contributed by atoms with Crippen molar-refractivity contribution in [3.05, 3.63) is 36.8 Å². The summed E-state index contributed by atoms with van der Waals surface area (Å²) in [5.41, 5.74) is 2.66. The van der Waals surface area contributed by atoms with Gasteiger partial charge in [0.1, 0.15) is 0 Å². The minimum Gasteiger partial charge on any atom is -0.469 e. The van der Waals surface area contributed by atoms with E-state index in [4.69, 9.17) is 0 Å². The summed E-state index contributed by atoms with van der Waals surface area (Å²) in [5, 5.41) is 2.62. The molecule has 24 heavy (non-hydrogen) atoms. The highest BCUT2D eigenvalue weighted by atomic mass is 32.2. The molecule has 1 amide bonds. The fraction of sp³-hybridized carbons (Fsp3) is 0.353. The third-order valence-corrected chi connectivity index (χ3v) is 4.94. The van der Waals surface area contributed by atoms with E-state index in [9.17, 15) is 9.59 Å². The Morgan fingerprint density at radius 3 is 2.58 bits per heavy atom. The van der Waals surface area contributed by atoms with Gasteiger partial charge in [-0.3, -0.25) is 9.59 Å². The normalized spacial score (nSPS) is 13.1. The van der Waals surface area contributed by atoms with E-state index in [1.54, 1.807) is 19.4 Å². The van der Waals surface area contributed by atoms with Crippen LogP contribution in [-0.2, 0) is 14.3 Å². The molecule has 2 aromatic rings. The molecule has 1 aromatic heterocycles. The average molecular weight is 347 g/mol. The van der Waals surface area contributed by atoms with E-state index in [-0.39, 0.29) is 23.0 Å². The molecule has 0 saturated heterocycles. The summed E-state index contributed by atoms with van der Waals surface area (Å²) >= 11 is 1.43. The first-order chi connectivity index (χ1) is 11.5. The Labute approximate surface area is 145 Å². The van der Waals surface area contributed by atoms with Crippen molar-refractivity contribution < 1.29 is 14.3 Å². The highest BCUT2D eigenvalue weighted by molar-refractivity contribution is 8.00. The minimum absolute atomic E-state index is 0.0913. The Balaban J connectivity index is 1.86. The molecule has 2 atom stereocenters. The number of ether oxygens (including phenoxy) is 1. The van der Waals surface area contributed by atoms with Gasteiger partial charge in [-0.1, -0.05) is 19.1 Å². The number of benzene rings is 1. The predicted molar refractivity (Wildman–Crippen MR) is 95.8 cm³/mol. The number of anilines is 1. The molecule has 0 aliphatic rings. The zero-order valence-electron chi connectivity index (χ0n) is 13.9. The molecule has 0 saturated carbocycles. The second-order valence-corrected chi connectivity index (χ2v) is 6.81. The van der Waals surface area contributed by atoms with Gasteiger partial charge in [-0.2, -0.15) is 0 Å². The quantitative estimate of drug-likeness (QED) is 0.752. The fourth-order valence-electron chi connectivity index (χ4n) is 2.02. The highest BCUT2D eigenvalue weighted by Gasteiger charge is 2.19. The first kappa shape index (κ1) is 18.1. The van der Waals surface area contributed by atoms with Crippen molar-refractivity contribution in [2.45, 2.75) is 19.1 Å². The molecule has 7 heteroatoms. The lowest BCUT2D eigenvalue weighted by atomic mass is 10.1. The number of amides is 1. The number of hydrogen-bond donors (Lipinski definition) is 2. The Morgan fingerprint density at radius 1 is 1.29 bits per heavy atom. The molecule has 1 heterocycles. The number of aromatic nitrogens is 2. The molecule has 2 rings (SSSR count). The minimum atomic E-state index is -0.260. The Bertz CT molecular complexity index is 671. The number of imidazole rings is 1. The summed E-state index contributed by atoms with van der Waals surface area (Å²) in [6.07, 6.45) is 3.37. The second kappa shape index (κ2) is 8.54. The van der Waals surface area contributed by atoms with E-state index < -0.39 is 0 Å². The first-order valence-corrected chi connectivity index (χ1v) is 8.65. The van der Waals surface area contributed by atoms with E-state index in [1.165, 1.54) is 18.9 Å². The SMILES string of the molecule is COC(=O)C(C)CSC(C)C(=O)Nc1ccc(-c2cnc[nH]2)cc1. The van der Waals surface area contributed by atoms with Crippen molar-refractivity contribution in [2.75, 3.05) is 18.2 Å². The number of nitrogens with one attached hydrogen (secondary N) is 2. The maximum atomic E-state index is 12.2. The van der Waals surface area contributed by atoms with Gasteiger partial charge in [0.25, 0.3) is 0 Å². The first-order valence-electron chi connectivity index (χ1n) is 7.60. The van der Waals surface area contributed by atoms with Crippen molar-refractivity contribution in [2.24, 2.45) is 5.92 Å². The number of nitrogens with zero attached hydrogens (tertiary/aromatic N) is 1. The van der Waals surface area contributed by atoms with Crippen molar-refractivity contribution in [1.82, 2.24) is 9.97 Å². The maximum Gasteiger partial charge on any atom is 0.309 e. The van der Waals surface area contributed by atoms with Crippen LogP contribution in [0, 0.1) is 5.92 Å². The predicted octanol–water partition coefficient (Wildman–Crippen LogP) is 2.95. The van der Waals surface area contributed by atoms with Crippen LogP contribution in [0.2, 0.25) is 0 Å². The van der Waals surface area contributed by atoms with Crippen LogP contribution in [-0.4, -0.2) is 40.0 Å². The molecule has 0 fully saturated rings. The van der Waals surface area contributed by atoms with Gasteiger partial charge in [-0.15, -0.1) is 11.8 Å². The summed E-state index contributed by atoms with van der Waals surface area (Å²) in [6.45, 7) is 3.61. The van der Waals surface area contributed by atoms with Gasteiger partial charge in [0.15, 0.2) is 0 Å². The van der Waals surface area contributed by atoms with Crippen molar-refractivity contribution >= 4 is 29.3 Å². The third-order valence-electron chi connectivity index (χ3n) is 3.53. The molecule has 0 spiro atoms. The van der Waals surface area contributed by atoms with E-state index >= 15 is 0 Å². The number of H-pyrrole nitrogens is 1. The number of methoxy groups -OCH3 is 1. The molecule has 6 nitrogen and oxygen atoms in total. The highest BCUT2D eigenvalue weighted by Crippen LogP contribution is 2.21. The van der Waals surface area contributed by atoms with Crippen molar-refractivity contribution in [3.63, 3.8) is 0 Å². The third kappa shape index (κ3) is 4.86. The van der Waals surface area contributed by atoms with Gasteiger partial charge in [-0.25, -0.2) is 4.98 Å². The largest absolute Gasteiger partial charge is 0.469 e. The van der Waals surface area contributed by atoms with Gasteiger partial charge >= 0.3 is 5.97 Å². The molecular formula is C17H21N3O3S. The van der Waals surface area contributed by atoms with E-state index in [0.717, 1.165) is 16.9 Å². The summed E-state index contributed by atoms with van der Waals surface area (Å²) in [4.78, 5) is 30.6. The summed E-state index contributed by atoms with van der Waals surface area (Å²) in [6, 6.07) is 7.53. The standard InChI is InChI=1S/C17H21N3O3S/c1-11(17(22)23-3)9-24-12(2)16(21)20-14-6-4-13(5-7-14)15-8-18-10-19-15/h4-8,10-12H,9H2,1-3H3,(H,18,19)(H,20,21). The summed E-state index contributed by atoms with van der Waals surface area (Å²) in [5.74, 6) is -0.0418. The topological polar surface area (TPSA) is 84.1 Å². The summed E-state index contributed by atoms with van der Waals surface area (Å²) < 4.78 is 4.68. The van der Waals surface area contributed by atoms with Crippen LogP contribution in [0.5, 0.6) is 0 Å². The molecule has 2 unspecified atom stereocenters. The lowest BCUT2D eigenvalue weighted by Gasteiger charge is -2.14. The van der Waals surface area contributed by atoms with Crippen LogP contribution in [0.25, 0.3) is 11.3 Å². The molecule has 0 aliphatic carbocycles. The number of hydrogen-bond acceptors (Lipinski definition) is 5. The van der Waals surface area contributed by atoms with Gasteiger partial charge in [0.05, 0.1) is 36.5 Å². The Morgan fingerprint density at radius 2 is 2.00 bits per heavy atom. The lowest BCUT2D eigenvalue weighted by molar-refractivity contribution is -0.144. The maximum absolute atomic E-state index is 12.2. The zero-order chi connectivity index (χ0) is 17.5.